The van der Waals surface area contributed by atoms with Crippen LogP contribution in [0, 0.1) is 0 Å². The summed E-state index contributed by atoms with van der Waals surface area (Å²) < 4.78 is 0. The first-order valence-corrected chi connectivity index (χ1v) is 11.4. The number of nitrogen functional groups attached to an aromatic ring is 1. The average Bonchev–Trinajstić information content (AvgIpc) is 2.79. The molecule has 0 saturated heterocycles. The molecule has 0 aliphatic heterocycles. The van der Waals surface area contributed by atoms with E-state index in [1.54, 1.807) is 12.3 Å². The summed E-state index contributed by atoms with van der Waals surface area (Å²) in [5, 5.41) is 10.1. The predicted molar refractivity (Wildman–Crippen MR) is 133 cm³/mol. The summed E-state index contributed by atoms with van der Waals surface area (Å²) in [5.74, 6) is 0.251. The van der Waals surface area contributed by atoms with E-state index in [1.807, 2.05) is 18.2 Å². The van der Waals surface area contributed by atoms with E-state index >= 15 is 0 Å². The molecule has 162 valence electrons. The first-order valence-electron chi connectivity index (χ1n) is 11.4. The molecule has 3 rings (SSSR count). The van der Waals surface area contributed by atoms with Gasteiger partial charge in [-0.05, 0) is 77.6 Å². The van der Waals surface area contributed by atoms with Crippen LogP contribution in [0.4, 0.5) is 11.4 Å². The average molecular weight is 415 g/mol. The molecule has 0 atom stereocenters. The molecule has 3 N–H and O–H groups in total. The Hall–Kier alpha value is -3.07. The highest BCUT2D eigenvalue weighted by Gasteiger charge is 2.11. The number of phenols is 1. The van der Waals surface area contributed by atoms with E-state index < -0.39 is 0 Å². The normalized spacial score (nSPS) is 11.4. The van der Waals surface area contributed by atoms with Gasteiger partial charge in [-0.2, -0.15) is 0 Å². The van der Waals surface area contributed by atoms with Gasteiger partial charge in [-0.25, -0.2) is 0 Å². The maximum Gasteiger partial charge on any atom is 0.124 e. The Labute approximate surface area is 186 Å². The minimum atomic E-state index is 0.251. The van der Waals surface area contributed by atoms with Gasteiger partial charge in [-0.3, -0.25) is 4.99 Å². The molecule has 3 heteroatoms. The van der Waals surface area contributed by atoms with E-state index in [9.17, 15) is 5.11 Å². The van der Waals surface area contributed by atoms with Crippen LogP contribution >= 0.6 is 0 Å². The molecule has 0 amide bonds. The van der Waals surface area contributed by atoms with Gasteiger partial charge >= 0.3 is 0 Å². The second-order valence-electron chi connectivity index (χ2n) is 8.00. The smallest absolute Gasteiger partial charge is 0.124 e. The number of phenolic OH excluding ortho intramolecular Hbond substituents is 1. The first-order chi connectivity index (χ1) is 15.0. The van der Waals surface area contributed by atoms with Crippen molar-refractivity contribution in [2.24, 2.45) is 4.99 Å². The second-order valence-corrected chi connectivity index (χ2v) is 8.00. The molecule has 0 bridgehead atoms. The molecule has 0 fully saturated rings. The van der Waals surface area contributed by atoms with E-state index in [0.29, 0.717) is 0 Å². The van der Waals surface area contributed by atoms with Crippen molar-refractivity contribution in [2.45, 2.75) is 59.8 Å². The van der Waals surface area contributed by atoms with Crippen molar-refractivity contribution >= 4 is 17.6 Å². The number of anilines is 1. The molecule has 3 aromatic carbocycles. The number of aromatic hydroxyl groups is 1. The van der Waals surface area contributed by atoms with Crippen molar-refractivity contribution in [3.8, 4) is 5.75 Å². The fraction of sp³-hybridized carbons (Fsp3) is 0.321. The third-order valence-electron chi connectivity index (χ3n) is 5.94. The Morgan fingerprint density at radius 2 is 1.26 bits per heavy atom. The lowest BCUT2D eigenvalue weighted by Crippen LogP contribution is -2.02. The van der Waals surface area contributed by atoms with Gasteiger partial charge in [0, 0.05) is 17.5 Å². The summed E-state index contributed by atoms with van der Waals surface area (Å²) in [6, 6.07) is 16.4. The van der Waals surface area contributed by atoms with Crippen LogP contribution in [0.5, 0.6) is 5.75 Å². The van der Waals surface area contributed by atoms with Crippen LogP contribution in [0.3, 0.4) is 0 Å². The van der Waals surface area contributed by atoms with E-state index in [1.165, 1.54) is 33.4 Å². The number of para-hydroxylation sites is 1. The highest BCUT2D eigenvalue weighted by atomic mass is 16.3. The quantitative estimate of drug-likeness (QED) is 0.324. The van der Waals surface area contributed by atoms with Crippen LogP contribution in [0.2, 0.25) is 0 Å². The lowest BCUT2D eigenvalue weighted by molar-refractivity contribution is 0.474. The number of aryl methyl sites for hydroxylation is 4. The largest absolute Gasteiger partial charge is 0.507 e. The summed E-state index contributed by atoms with van der Waals surface area (Å²) in [6.07, 6.45) is 6.39. The minimum Gasteiger partial charge on any atom is -0.507 e. The van der Waals surface area contributed by atoms with Gasteiger partial charge in [-0.1, -0.05) is 64.1 Å². The number of nitrogens with zero attached hydrogens (tertiary/aromatic N) is 1. The number of hydrogen-bond donors (Lipinski definition) is 2. The maximum absolute atomic E-state index is 10.1. The molecule has 31 heavy (non-hydrogen) atoms. The van der Waals surface area contributed by atoms with Gasteiger partial charge in [0.05, 0.1) is 5.69 Å². The standard InChI is InChI=1S/C28H34N2O/c1-5-21-14-19(15-22(6-2)27(21)29)13-20-16-23(7-3)28(24(8-4)17-20)30-18-25-11-9-10-12-26(25)31/h9-12,14-18,31H,5-8,13,29H2,1-4H3/b30-18+. The minimum absolute atomic E-state index is 0.251. The number of hydrogen-bond acceptors (Lipinski definition) is 3. The van der Waals surface area contributed by atoms with E-state index in [0.717, 1.165) is 49.0 Å². The number of aliphatic imine (C=N–C) groups is 1. The number of nitrogens with two attached hydrogens (primary N) is 1. The van der Waals surface area contributed by atoms with Crippen molar-refractivity contribution in [3.63, 3.8) is 0 Å². The maximum atomic E-state index is 10.1. The number of rotatable bonds is 8. The van der Waals surface area contributed by atoms with Gasteiger partial charge in [-0.15, -0.1) is 0 Å². The van der Waals surface area contributed by atoms with Crippen molar-refractivity contribution in [2.75, 3.05) is 5.73 Å². The van der Waals surface area contributed by atoms with Crippen LogP contribution in [0.15, 0.2) is 53.5 Å². The van der Waals surface area contributed by atoms with Crippen molar-refractivity contribution in [1.82, 2.24) is 0 Å². The van der Waals surface area contributed by atoms with E-state index in [4.69, 9.17) is 10.7 Å². The molecular weight excluding hydrogens is 380 g/mol. The van der Waals surface area contributed by atoms with Crippen LogP contribution in [0.1, 0.15) is 66.6 Å². The molecule has 0 radical (unpaired) electrons. The number of benzene rings is 3. The lowest BCUT2D eigenvalue weighted by atomic mass is 9.93. The van der Waals surface area contributed by atoms with Crippen molar-refractivity contribution < 1.29 is 5.11 Å². The van der Waals surface area contributed by atoms with E-state index in [-0.39, 0.29) is 5.75 Å². The fourth-order valence-electron chi connectivity index (χ4n) is 4.14. The molecule has 0 aliphatic rings. The zero-order valence-corrected chi connectivity index (χ0v) is 19.2. The van der Waals surface area contributed by atoms with Gasteiger partial charge < -0.3 is 10.8 Å². The molecule has 3 nitrogen and oxygen atoms in total. The summed E-state index contributed by atoms with van der Waals surface area (Å²) in [6.45, 7) is 8.67. The monoisotopic (exact) mass is 414 g/mol. The van der Waals surface area contributed by atoms with Crippen LogP contribution < -0.4 is 5.73 Å². The molecule has 0 spiro atoms. The summed E-state index contributed by atoms with van der Waals surface area (Å²) >= 11 is 0. The Balaban J connectivity index is 1.98. The zero-order chi connectivity index (χ0) is 22.4. The Morgan fingerprint density at radius 1 is 0.774 bits per heavy atom. The highest BCUT2D eigenvalue weighted by Crippen LogP contribution is 2.30. The molecule has 0 unspecified atom stereocenters. The zero-order valence-electron chi connectivity index (χ0n) is 19.2. The van der Waals surface area contributed by atoms with Gasteiger partial charge in [0.15, 0.2) is 0 Å². The third-order valence-corrected chi connectivity index (χ3v) is 5.94. The van der Waals surface area contributed by atoms with Gasteiger partial charge in [0.25, 0.3) is 0 Å². The first kappa shape index (κ1) is 22.6. The van der Waals surface area contributed by atoms with Crippen LogP contribution in [-0.2, 0) is 32.1 Å². The molecule has 0 saturated carbocycles. The summed E-state index contributed by atoms with van der Waals surface area (Å²) in [5.41, 5.74) is 16.6. The van der Waals surface area contributed by atoms with Gasteiger partial charge in [0.2, 0.25) is 0 Å². The molecule has 0 heterocycles. The van der Waals surface area contributed by atoms with Crippen LogP contribution in [0.25, 0.3) is 0 Å². The summed E-state index contributed by atoms with van der Waals surface area (Å²) in [4.78, 5) is 4.79. The summed E-state index contributed by atoms with van der Waals surface area (Å²) in [7, 11) is 0. The van der Waals surface area contributed by atoms with Crippen LogP contribution in [-0.4, -0.2) is 11.3 Å². The van der Waals surface area contributed by atoms with E-state index in [2.05, 4.69) is 52.0 Å². The highest BCUT2D eigenvalue weighted by molar-refractivity contribution is 5.86. The third kappa shape index (κ3) is 5.16. The topological polar surface area (TPSA) is 58.6 Å². The molecule has 0 aliphatic carbocycles. The lowest BCUT2D eigenvalue weighted by Gasteiger charge is -2.15. The van der Waals surface area contributed by atoms with Gasteiger partial charge in [0.1, 0.15) is 5.75 Å². The predicted octanol–water partition coefficient (Wildman–Crippen LogP) is 6.57. The molecule has 3 aromatic rings. The Bertz CT molecular complexity index is 1030. The molecule has 0 aromatic heterocycles. The second kappa shape index (κ2) is 10.3. The molecular formula is C28H34N2O. The van der Waals surface area contributed by atoms with Crippen molar-refractivity contribution in [3.05, 3.63) is 87.5 Å². The SMILES string of the molecule is CCc1cc(Cc2cc(CC)c(/N=C/c3ccccc3O)c(CC)c2)cc(CC)c1N. The fourth-order valence-corrected chi connectivity index (χ4v) is 4.14. The van der Waals surface area contributed by atoms with Crippen molar-refractivity contribution in [1.29, 1.82) is 0 Å². The Kier molecular flexibility index (Phi) is 7.51. The Morgan fingerprint density at radius 3 is 1.74 bits per heavy atom.